The highest BCUT2D eigenvalue weighted by atomic mass is 32.1. The maximum absolute atomic E-state index is 12.5. The quantitative estimate of drug-likeness (QED) is 0.696. The number of thiophene rings is 2. The number of carbonyl (C=O) groups is 1. The van der Waals surface area contributed by atoms with Gasteiger partial charge in [-0.3, -0.25) is 14.2 Å². The molecule has 3 rings (SSSR count). The van der Waals surface area contributed by atoms with Gasteiger partial charge in [0.15, 0.2) is 5.78 Å². The van der Waals surface area contributed by atoms with Crippen molar-refractivity contribution in [3.8, 4) is 0 Å². The van der Waals surface area contributed by atoms with E-state index < -0.39 is 0 Å². The van der Waals surface area contributed by atoms with Gasteiger partial charge in [-0.15, -0.1) is 22.7 Å². The molecule has 108 valence electrons. The highest BCUT2D eigenvalue weighted by Crippen LogP contribution is 2.25. The zero-order chi connectivity index (χ0) is 15.1. The number of hydrogen-bond donors (Lipinski definition) is 0. The van der Waals surface area contributed by atoms with E-state index in [1.54, 1.807) is 6.07 Å². The maximum Gasteiger partial charge on any atom is 0.262 e. The van der Waals surface area contributed by atoms with E-state index in [4.69, 9.17) is 0 Å². The van der Waals surface area contributed by atoms with Crippen LogP contribution in [0.1, 0.15) is 25.0 Å². The van der Waals surface area contributed by atoms with Gasteiger partial charge < -0.3 is 0 Å². The van der Waals surface area contributed by atoms with Crippen LogP contribution in [-0.4, -0.2) is 15.3 Å². The summed E-state index contributed by atoms with van der Waals surface area (Å²) in [5.41, 5.74) is 0.824. The topological polar surface area (TPSA) is 52.0 Å². The van der Waals surface area contributed by atoms with Crippen LogP contribution in [0.2, 0.25) is 0 Å². The smallest absolute Gasteiger partial charge is 0.262 e. The van der Waals surface area contributed by atoms with Crippen molar-refractivity contribution in [3.05, 3.63) is 49.0 Å². The van der Waals surface area contributed by atoms with Crippen LogP contribution >= 0.6 is 22.7 Å². The van der Waals surface area contributed by atoms with E-state index in [9.17, 15) is 9.59 Å². The number of aryl methyl sites for hydroxylation is 3. The molecular formula is C15H14N2O2S2. The Balaban J connectivity index is 2.02. The Morgan fingerprint density at radius 2 is 2.00 bits per heavy atom. The largest absolute Gasteiger partial charge is 0.291 e. The van der Waals surface area contributed by atoms with E-state index in [1.807, 2.05) is 26.8 Å². The van der Waals surface area contributed by atoms with Gasteiger partial charge in [0.2, 0.25) is 0 Å². The summed E-state index contributed by atoms with van der Waals surface area (Å²) in [6, 6.07) is 3.72. The Hall–Kier alpha value is -1.79. The van der Waals surface area contributed by atoms with E-state index in [-0.39, 0.29) is 17.9 Å². The molecule has 0 bridgehead atoms. The molecule has 3 heterocycles. The first-order chi connectivity index (χ1) is 9.97. The lowest BCUT2D eigenvalue weighted by atomic mass is 10.2. The fourth-order valence-electron chi connectivity index (χ4n) is 2.20. The van der Waals surface area contributed by atoms with E-state index in [0.29, 0.717) is 10.3 Å². The third-order valence-electron chi connectivity index (χ3n) is 3.48. The molecule has 0 atom stereocenters. The predicted octanol–water partition coefficient (Wildman–Crippen LogP) is 3.33. The van der Waals surface area contributed by atoms with Crippen LogP contribution in [0.3, 0.4) is 0 Å². The van der Waals surface area contributed by atoms with Gasteiger partial charge in [-0.2, -0.15) is 0 Å². The van der Waals surface area contributed by atoms with Crippen molar-refractivity contribution < 1.29 is 4.79 Å². The molecule has 0 aliphatic carbocycles. The van der Waals surface area contributed by atoms with E-state index in [2.05, 4.69) is 4.98 Å². The van der Waals surface area contributed by atoms with Crippen molar-refractivity contribution in [2.75, 3.05) is 0 Å². The number of ketones is 1. The van der Waals surface area contributed by atoms with Gasteiger partial charge in [-0.25, -0.2) is 4.98 Å². The predicted molar refractivity (Wildman–Crippen MR) is 86.7 cm³/mol. The molecule has 3 aromatic heterocycles. The Kier molecular flexibility index (Phi) is 3.51. The lowest BCUT2D eigenvalue weighted by Gasteiger charge is -2.03. The minimum absolute atomic E-state index is 0.0378. The summed E-state index contributed by atoms with van der Waals surface area (Å²) < 4.78 is 1.40. The van der Waals surface area contributed by atoms with Crippen molar-refractivity contribution in [3.63, 3.8) is 0 Å². The summed E-state index contributed by atoms with van der Waals surface area (Å²) in [7, 11) is 0. The third kappa shape index (κ3) is 2.45. The molecule has 0 spiro atoms. The normalized spacial score (nSPS) is 11.2. The SMILES string of the molecule is Cc1ccc(C(=O)Cn2cnc3sc(C)c(C)c3c2=O)s1. The summed E-state index contributed by atoms with van der Waals surface area (Å²) >= 11 is 2.96. The monoisotopic (exact) mass is 318 g/mol. The Bertz CT molecular complexity index is 902. The molecule has 0 aromatic carbocycles. The van der Waals surface area contributed by atoms with Crippen LogP contribution in [0.4, 0.5) is 0 Å². The molecule has 0 saturated carbocycles. The first kappa shape index (κ1) is 14.2. The molecule has 0 amide bonds. The fraction of sp³-hybridized carbons (Fsp3) is 0.267. The summed E-state index contributed by atoms with van der Waals surface area (Å²) in [6.45, 7) is 5.89. The first-order valence-corrected chi connectivity index (χ1v) is 8.15. The molecule has 6 heteroatoms. The van der Waals surface area contributed by atoms with E-state index in [1.165, 1.54) is 33.6 Å². The highest BCUT2D eigenvalue weighted by molar-refractivity contribution is 7.18. The summed E-state index contributed by atoms with van der Waals surface area (Å²) in [4.78, 5) is 32.7. The second kappa shape index (κ2) is 5.20. The average molecular weight is 318 g/mol. The van der Waals surface area contributed by atoms with E-state index in [0.717, 1.165) is 20.1 Å². The summed E-state index contributed by atoms with van der Waals surface area (Å²) in [5.74, 6) is -0.0547. The fourth-order valence-corrected chi connectivity index (χ4v) is 3.98. The lowest BCUT2D eigenvalue weighted by molar-refractivity contribution is 0.0974. The first-order valence-electron chi connectivity index (χ1n) is 6.52. The molecule has 0 radical (unpaired) electrons. The molecule has 21 heavy (non-hydrogen) atoms. The van der Waals surface area contributed by atoms with Crippen molar-refractivity contribution >= 4 is 38.7 Å². The number of nitrogens with zero attached hydrogens (tertiary/aromatic N) is 2. The maximum atomic E-state index is 12.5. The van der Waals surface area contributed by atoms with Gasteiger partial charge in [0, 0.05) is 9.75 Å². The average Bonchev–Trinajstić information content (AvgIpc) is 2.99. The number of carbonyl (C=O) groups excluding carboxylic acids is 1. The standard InChI is InChI=1S/C15H14N2O2S2/c1-8-4-5-12(20-8)11(18)6-17-7-16-14-13(15(17)19)9(2)10(3)21-14/h4-5,7H,6H2,1-3H3. The second-order valence-corrected chi connectivity index (χ2v) is 7.47. The zero-order valence-corrected chi connectivity index (χ0v) is 13.6. The van der Waals surface area contributed by atoms with Crippen LogP contribution < -0.4 is 5.56 Å². The Labute approximate surface area is 129 Å². The van der Waals surface area contributed by atoms with Crippen LogP contribution in [0, 0.1) is 20.8 Å². The van der Waals surface area contributed by atoms with Crippen molar-refractivity contribution in [1.29, 1.82) is 0 Å². The molecule has 0 unspecified atom stereocenters. The molecule has 4 nitrogen and oxygen atoms in total. The van der Waals surface area contributed by atoms with Crippen LogP contribution in [0.5, 0.6) is 0 Å². The minimum Gasteiger partial charge on any atom is -0.291 e. The number of fused-ring (bicyclic) bond motifs is 1. The zero-order valence-electron chi connectivity index (χ0n) is 12.0. The van der Waals surface area contributed by atoms with Crippen LogP contribution in [0.25, 0.3) is 10.2 Å². The van der Waals surface area contributed by atoms with E-state index >= 15 is 0 Å². The number of hydrogen-bond acceptors (Lipinski definition) is 5. The molecule has 0 aliphatic heterocycles. The number of aromatic nitrogens is 2. The van der Waals surface area contributed by atoms with Gasteiger partial charge >= 0.3 is 0 Å². The lowest BCUT2D eigenvalue weighted by Crippen LogP contribution is -2.24. The Morgan fingerprint density at radius 3 is 2.67 bits per heavy atom. The van der Waals surface area contributed by atoms with Gasteiger partial charge in [0.25, 0.3) is 5.56 Å². The van der Waals surface area contributed by atoms with Crippen molar-refractivity contribution in [1.82, 2.24) is 9.55 Å². The minimum atomic E-state index is -0.136. The van der Waals surface area contributed by atoms with Gasteiger partial charge in [-0.1, -0.05) is 0 Å². The van der Waals surface area contributed by atoms with Crippen LogP contribution in [0.15, 0.2) is 23.3 Å². The van der Waals surface area contributed by atoms with Crippen molar-refractivity contribution in [2.45, 2.75) is 27.3 Å². The number of Topliss-reactive ketones (excluding diaryl/α,β-unsaturated/α-hetero) is 1. The molecule has 0 aliphatic rings. The van der Waals surface area contributed by atoms with Gasteiger partial charge in [0.1, 0.15) is 4.83 Å². The number of rotatable bonds is 3. The molecular weight excluding hydrogens is 304 g/mol. The summed E-state index contributed by atoms with van der Waals surface area (Å²) in [6.07, 6.45) is 1.47. The molecule has 0 fully saturated rings. The van der Waals surface area contributed by atoms with Crippen molar-refractivity contribution in [2.24, 2.45) is 0 Å². The summed E-state index contributed by atoms with van der Waals surface area (Å²) in [5, 5.41) is 0.634. The van der Waals surface area contributed by atoms with Gasteiger partial charge in [0.05, 0.1) is 23.1 Å². The molecule has 0 N–H and O–H groups in total. The van der Waals surface area contributed by atoms with Crippen LogP contribution in [-0.2, 0) is 6.54 Å². The molecule has 3 aromatic rings. The third-order valence-corrected chi connectivity index (χ3v) is 5.64. The highest BCUT2D eigenvalue weighted by Gasteiger charge is 2.15. The Morgan fingerprint density at radius 1 is 1.24 bits per heavy atom. The molecule has 0 saturated heterocycles. The van der Waals surface area contributed by atoms with Gasteiger partial charge in [-0.05, 0) is 38.5 Å². The second-order valence-electron chi connectivity index (χ2n) is 4.97.